The first-order valence-corrected chi connectivity index (χ1v) is 7.99. The number of carboxylic acid groups (broad SMARTS) is 1. The number of nitrogens with zero attached hydrogens (tertiary/aromatic N) is 1. The largest absolute Gasteiger partial charge is 0.481 e. The van der Waals surface area contributed by atoms with E-state index in [1.807, 2.05) is 25.6 Å². The molecule has 1 unspecified atom stereocenters. The Hall–Kier alpha value is -0.910. The average Bonchev–Trinajstić information content (AvgIpc) is 2.62. The number of carbonyl (C=O) groups is 2. The molecule has 1 aliphatic heterocycles. The highest BCUT2D eigenvalue weighted by atomic mass is 32.2. The zero-order valence-corrected chi connectivity index (χ0v) is 12.5. The summed E-state index contributed by atoms with van der Waals surface area (Å²) < 4.78 is 0. The molecule has 0 spiro atoms. The molecule has 1 rings (SSSR count). The van der Waals surface area contributed by atoms with Crippen molar-refractivity contribution in [1.29, 1.82) is 0 Å². The summed E-state index contributed by atoms with van der Waals surface area (Å²) in [4.78, 5) is 24.9. The molecule has 0 aliphatic carbocycles. The van der Waals surface area contributed by atoms with Crippen molar-refractivity contribution in [3.05, 3.63) is 0 Å². The maximum absolute atomic E-state index is 12.0. The Balaban J connectivity index is 2.39. The van der Waals surface area contributed by atoms with Crippen molar-refractivity contribution in [3.8, 4) is 0 Å². The lowest BCUT2D eigenvalue weighted by atomic mass is 9.97. The number of urea groups is 1. The molecule has 1 heterocycles. The Bertz CT molecular complexity index is 302. The standard InChI is InChI=1S/C13H24N2O3S/c1-10(2)8-11(12(16)17)9-14-13(18)15-4-3-6-19-7-5-15/h10-11H,3-9H2,1-2H3,(H,14,18)(H,16,17). The van der Waals surface area contributed by atoms with Crippen LogP contribution in [0.1, 0.15) is 26.7 Å². The molecule has 6 heteroatoms. The fourth-order valence-electron chi connectivity index (χ4n) is 2.11. The number of carboxylic acids is 1. The van der Waals surface area contributed by atoms with Gasteiger partial charge in [0.1, 0.15) is 0 Å². The smallest absolute Gasteiger partial charge is 0.317 e. The van der Waals surface area contributed by atoms with E-state index < -0.39 is 11.9 Å². The molecular weight excluding hydrogens is 264 g/mol. The number of amides is 2. The summed E-state index contributed by atoms with van der Waals surface area (Å²) in [6, 6.07) is -0.127. The number of rotatable bonds is 5. The molecule has 0 aromatic heterocycles. The van der Waals surface area contributed by atoms with Crippen LogP contribution < -0.4 is 5.32 Å². The molecule has 110 valence electrons. The zero-order chi connectivity index (χ0) is 14.3. The van der Waals surface area contributed by atoms with Crippen LogP contribution in [-0.4, -0.2) is 53.1 Å². The summed E-state index contributed by atoms with van der Waals surface area (Å²) in [6.07, 6.45) is 1.60. The first-order valence-electron chi connectivity index (χ1n) is 6.84. The molecule has 2 N–H and O–H groups in total. The third-order valence-electron chi connectivity index (χ3n) is 3.11. The topological polar surface area (TPSA) is 69.6 Å². The van der Waals surface area contributed by atoms with Gasteiger partial charge in [0.15, 0.2) is 0 Å². The summed E-state index contributed by atoms with van der Waals surface area (Å²) in [5, 5.41) is 11.9. The molecule has 2 amide bonds. The minimum absolute atomic E-state index is 0.127. The lowest BCUT2D eigenvalue weighted by Gasteiger charge is -2.22. The van der Waals surface area contributed by atoms with Crippen LogP contribution in [-0.2, 0) is 4.79 Å². The van der Waals surface area contributed by atoms with Gasteiger partial charge in [-0.3, -0.25) is 4.79 Å². The molecular formula is C13H24N2O3S. The van der Waals surface area contributed by atoms with Gasteiger partial charge < -0.3 is 15.3 Å². The van der Waals surface area contributed by atoms with Crippen molar-refractivity contribution in [2.24, 2.45) is 11.8 Å². The van der Waals surface area contributed by atoms with Crippen LogP contribution in [0, 0.1) is 11.8 Å². The lowest BCUT2D eigenvalue weighted by Crippen LogP contribution is -2.44. The fourth-order valence-corrected chi connectivity index (χ4v) is 3.00. The molecule has 1 fully saturated rings. The number of aliphatic carboxylic acids is 1. The first kappa shape index (κ1) is 16.1. The Labute approximate surface area is 119 Å². The van der Waals surface area contributed by atoms with E-state index in [0.717, 1.165) is 31.0 Å². The third-order valence-corrected chi connectivity index (χ3v) is 4.16. The van der Waals surface area contributed by atoms with Gasteiger partial charge >= 0.3 is 12.0 Å². The molecule has 0 aromatic carbocycles. The Morgan fingerprint density at radius 1 is 1.32 bits per heavy atom. The van der Waals surface area contributed by atoms with Crippen molar-refractivity contribution in [2.45, 2.75) is 26.7 Å². The van der Waals surface area contributed by atoms with Gasteiger partial charge in [-0.2, -0.15) is 11.8 Å². The third kappa shape index (κ3) is 6.18. The Kier molecular flexibility index (Phi) is 7.05. The monoisotopic (exact) mass is 288 g/mol. The average molecular weight is 288 g/mol. The van der Waals surface area contributed by atoms with Gasteiger partial charge in [0.05, 0.1) is 5.92 Å². The molecule has 0 saturated carbocycles. The summed E-state index contributed by atoms with van der Waals surface area (Å²) in [5.41, 5.74) is 0. The molecule has 0 bridgehead atoms. The molecule has 0 aromatic rings. The maximum Gasteiger partial charge on any atom is 0.317 e. The number of hydrogen-bond donors (Lipinski definition) is 2. The minimum atomic E-state index is -0.833. The van der Waals surface area contributed by atoms with Gasteiger partial charge in [0.25, 0.3) is 0 Å². The van der Waals surface area contributed by atoms with Gasteiger partial charge in [-0.1, -0.05) is 13.8 Å². The number of nitrogens with one attached hydrogen (secondary N) is 1. The summed E-state index contributed by atoms with van der Waals surface area (Å²) in [7, 11) is 0. The predicted octanol–water partition coefficient (Wildman–Crippen LogP) is 1.88. The van der Waals surface area contributed by atoms with Gasteiger partial charge in [-0.25, -0.2) is 4.79 Å². The van der Waals surface area contributed by atoms with Gasteiger partial charge in [0.2, 0.25) is 0 Å². The van der Waals surface area contributed by atoms with Crippen LogP contribution in [0.15, 0.2) is 0 Å². The number of carbonyl (C=O) groups excluding carboxylic acids is 1. The van der Waals surface area contributed by atoms with Crippen molar-refractivity contribution < 1.29 is 14.7 Å². The quantitative estimate of drug-likeness (QED) is 0.810. The normalized spacial score (nSPS) is 17.9. The molecule has 5 nitrogen and oxygen atoms in total. The first-order chi connectivity index (χ1) is 9.00. The van der Waals surface area contributed by atoms with E-state index in [0.29, 0.717) is 12.3 Å². The van der Waals surface area contributed by atoms with E-state index in [1.165, 1.54) is 0 Å². The number of thioether (sulfide) groups is 1. The molecule has 0 radical (unpaired) electrons. The van der Waals surface area contributed by atoms with Crippen molar-refractivity contribution >= 4 is 23.8 Å². The van der Waals surface area contributed by atoms with Crippen LogP contribution in [0.3, 0.4) is 0 Å². The zero-order valence-electron chi connectivity index (χ0n) is 11.7. The predicted molar refractivity (Wildman–Crippen MR) is 77.5 cm³/mol. The minimum Gasteiger partial charge on any atom is -0.481 e. The molecule has 1 aliphatic rings. The van der Waals surface area contributed by atoms with Gasteiger partial charge in [0, 0.05) is 25.4 Å². The van der Waals surface area contributed by atoms with Crippen LogP contribution >= 0.6 is 11.8 Å². The second-order valence-corrected chi connectivity index (χ2v) is 6.53. The second-order valence-electron chi connectivity index (χ2n) is 5.30. The van der Waals surface area contributed by atoms with E-state index in [4.69, 9.17) is 5.11 Å². The van der Waals surface area contributed by atoms with Crippen LogP contribution in [0.5, 0.6) is 0 Å². The SMILES string of the molecule is CC(C)CC(CNC(=O)N1CCCSCC1)C(=O)O. The van der Waals surface area contributed by atoms with E-state index in [2.05, 4.69) is 5.32 Å². The van der Waals surface area contributed by atoms with E-state index >= 15 is 0 Å². The van der Waals surface area contributed by atoms with E-state index in [9.17, 15) is 9.59 Å². The molecule has 19 heavy (non-hydrogen) atoms. The van der Waals surface area contributed by atoms with Crippen molar-refractivity contribution in [1.82, 2.24) is 10.2 Å². The van der Waals surface area contributed by atoms with Crippen molar-refractivity contribution in [3.63, 3.8) is 0 Å². The lowest BCUT2D eigenvalue weighted by molar-refractivity contribution is -0.142. The van der Waals surface area contributed by atoms with Crippen LogP contribution in [0.2, 0.25) is 0 Å². The number of hydrogen-bond acceptors (Lipinski definition) is 3. The highest BCUT2D eigenvalue weighted by molar-refractivity contribution is 7.99. The summed E-state index contributed by atoms with van der Waals surface area (Å²) >= 11 is 1.86. The summed E-state index contributed by atoms with van der Waals surface area (Å²) in [6.45, 7) is 5.71. The maximum atomic E-state index is 12.0. The molecule has 1 saturated heterocycles. The van der Waals surface area contributed by atoms with Crippen LogP contribution in [0.4, 0.5) is 4.79 Å². The Morgan fingerprint density at radius 3 is 2.68 bits per heavy atom. The van der Waals surface area contributed by atoms with Crippen LogP contribution in [0.25, 0.3) is 0 Å². The summed E-state index contributed by atoms with van der Waals surface area (Å²) in [5.74, 6) is 1.04. The fraction of sp³-hybridized carbons (Fsp3) is 0.846. The second kappa shape index (κ2) is 8.30. The van der Waals surface area contributed by atoms with Gasteiger partial charge in [-0.15, -0.1) is 0 Å². The highest BCUT2D eigenvalue weighted by Gasteiger charge is 2.21. The van der Waals surface area contributed by atoms with Crippen molar-refractivity contribution in [2.75, 3.05) is 31.1 Å². The Morgan fingerprint density at radius 2 is 2.05 bits per heavy atom. The van der Waals surface area contributed by atoms with E-state index in [-0.39, 0.29) is 12.6 Å². The van der Waals surface area contributed by atoms with E-state index in [1.54, 1.807) is 4.90 Å². The van der Waals surface area contributed by atoms with Gasteiger partial charge in [-0.05, 0) is 24.5 Å². The highest BCUT2D eigenvalue weighted by Crippen LogP contribution is 2.12. The molecule has 1 atom stereocenters.